The standard InChI is InChI=1S/C21H27NO5S/c1-14(2)13-22(19-9-7-15(3)11-16(19)4)28(24,25)17-8-10-20(26-5)18(12-17)21(23)27-6/h7-12,14H,13H2,1-6H3. The van der Waals surface area contributed by atoms with Gasteiger partial charge in [-0.3, -0.25) is 4.31 Å². The molecule has 2 aromatic carbocycles. The van der Waals surface area contributed by atoms with E-state index in [1.807, 2.05) is 45.9 Å². The Morgan fingerprint density at radius 3 is 2.29 bits per heavy atom. The summed E-state index contributed by atoms with van der Waals surface area (Å²) >= 11 is 0. The number of sulfonamides is 1. The number of methoxy groups -OCH3 is 2. The number of aryl methyl sites for hydroxylation is 2. The zero-order valence-corrected chi connectivity index (χ0v) is 18.0. The van der Waals surface area contributed by atoms with Crippen LogP contribution in [0.5, 0.6) is 5.75 Å². The fourth-order valence-corrected chi connectivity index (χ4v) is 4.71. The molecule has 6 nitrogen and oxygen atoms in total. The van der Waals surface area contributed by atoms with Gasteiger partial charge in [0.25, 0.3) is 10.0 Å². The van der Waals surface area contributed by atoms with Crippen molar-refractivity contribution in [2.75, 3.05) is 25.1 Å². The topological polar surface area (TPSA) is 72.9 Å². The number of anilines is 1. The third-order valence-electron chi connectivity index (χ3n) is 4.32. The molecule has 0 saturated carbocycles. The fourth-order valence-electron chi connectivity index (χ4n) is 2.99. The van der Waals surface area contributed by atoms with E-state index >= 15 is 0 Å². The molecule has 0 heterocycles. The highest BCUT2D eigenvalue weighted by Gasteiger charge is 2.28. The van der Waals surface area contributed by atoms with E-state index in [9.17, 15) is 13.2 Å². The number of hydrogen-bond acceptors (Lipinski definition) is 5. The number of benzene rings is 2. The molecule has 0 aliphatic carbocycles. The first kappa shape index (κ1) is 21.8. The molecule has 0 spiro atoms. The number of nitrogens with zero attached hydrogens (tertiary/aromatic N) is 1. The van der Waals surface area contributed by atoms with Gasteiger partial charge in [-0.1, -0.05) is 31.5 Å². The molecule has 0 aromatic heterocycles. The van der Waals surface area contributed by atoms with Gasteiger partial charge < -0.3 is 9.47 Å². The van der Waals surface area contributed by atoms with Crippen LogP contribution < -0.4 is 9.04 Å². The number of carbonyl (C=O) groups excluding carboxylic acids is 1. The Kier molecular flexibility index (Phi) is 6.72. The summed E-state index contributed by atoms with van der Waals surface area (Å²) < 4.78 is 38.3. The summed E-state index contributed by atoms with van der Waals surface area (Å²) in [5, 5.41) is 0. The van der Waals surface area contributed by atoms with E-state index in [1.165, 1.54) is 36.7 Å². The molecule has 0 aliphatic heterocycles. The molecule has 0 amide bonds. The van der Waals surface area contributed by atoms with Gasteiger partial charge in [-0.2, -0.15) is 0 Å². The van der Waals surface area contributed by atoms with Crippen molar-refractivity contribution in [3.63, 3.8) is 0 Å². The first-order chi connectivity index (χ1) is 13.1. The molecule has 0 bridgehead atoms. The van der Waals surface area contributed by atoms with Crippen LogP contribution in [0.15, 0.2) is 41.3 Å². The quantitative estimate of drug-likeness (QED) is 0.652. The molecule has 28 heavy (non-hydrogen) atoms. The Hall–Kier alpha value is -2.54. The zero-order chi connectivity index (χ0) is 21.1. The summed E-state index contributed by atoms with van der Waals surface area (Å²) in [6, 6.07) is 9.86. The molecule has 0 radical (unpaired) electrons. The minimum absolute atomic E-state index is 0.00863. The molecule has 0 saturated heterocycles. The second-order valence-corrected chi connectivity index (χ2v) is 8.94. The van der Waals surface area contributed by atoms with Gasteiger partial charge in [0, 0.05) is 6.54 Å². The highest BCUT2D eigenvalue weighted by molar-refractivity contribution is 7.92. The summed E-state index contributed by atoms with van der Waals surface area (Å²) in [5.74, 6) is -0.294. The SMILES string of the molecule is COC(=O)c1cc(S(=O)(=O)N(CC(C)C)c2ccc(C)cc2C)ccc1OC. The molecular weight excluding hydrogens is 378 g/mol. The van der Waals surface area contributed by atoms with Crippen molar-refractivity contribution in [1.82, 2.24) is 0 Å². The van der Waals surface area contributed by atoms with Crippen LogP contribution in [0.2, 0.25) is 0 Å². The van der Waals surface area contributed by atoms with Gasteiger partial charge in [0.1, 0.15) is 11.3 Å². The maximum absolute atomic E-state index is 13.5. The van der Waals surface area contributed by atoms with Crippen molar-refractivity contribution in [3.05, 3.63) is 53.1 Å². The van der Waals surface area contributed by atoms with E-state index in [1.54, 1.807) is 0 Å². The minimum Gasteiger partial charge on any atom is -0.496 e. The van der Waals surface area contributed by atoms with E-state index < -0.39 is 16.0 Å². The molecule has 7 heteroatoms. The summed E-state index contributed by atoms with van der Waals surface area (Å²) in [4.78, 5) is 12.1. The van der Waals surface area contributed by atoms with Crippen LogP contribution in [0.3, 0.4) is 0 Å². The lowest BCUT2D eigenvalue weighted by Crippen LogP contribution is -2.35. The Morgan fingerprint density at radius 2 is 1.75 bits per heavy atom. The first-order valence-corrected chi connectivity index (χ1v) is 10.4. The van der Waals surface area contributed by atoms with Crippen LogP contribution in [0.4, 0.5) is 5.69 Å². The van der Waals surface area contributed by atoms with Crippen LogP contribution in [-0.4, -0.2) is 35.2 Å². The van der Waals surface area contributed by atoms with Gasteiger partial charge in [0.15, 0.2) is 0 Å². The van der Waals surface area contributed by atoms with Crippen LogP contribution >= 0.6 is 0 Å². The summed E-state index contributed by atoms with van der Waals surface area (Å²) in [6.45, 7) is 8.08. The van der Waals surface area contributed by atoms with Gasteiger partial charge in [0.2, 0.25) is 0 Å². The highest BCUT2D eigenvalue weighted by Crippen LogP contribution is 2.31. The Morgan fingerprint density at radius 1 is 1.07 bits per heavy atom. The zero-order valence-electron chi connectivity index (χ0n) is 17.1. The van der Waals surface area contributed by atoms with Crippen molar-refractivity contribution in [2.45, 2.75) is 32.6 Å². The summed E-state index contributed by atoms with van der Waals surface area (Å²) in [7, 11) is -1.25. The number of ether oxygens (including phenoxy) is 2. The van der Waals surface area contributed by atoms with Crippen LogP contribution in [-0.2, 0) is 14.8 Å². The molecular formula is C21H27NO5S. The average Bonchev–Trinajstić information content (AvgIpc) is 2.65. The van der Waals surface area contributed by atoms with Crippen molar-refractivity contribution in [1.29, 1.82) is 0 Å². The molecule has 2 rings (SSSR count). The molecule has 0 unspecified atom stereocenters. The molecule has 0 atom stereocenters. The van der Waals surface area contributed by atoms with Gasteiger partial charge in [-0.05, 0) is 49.6 Å². The molecule has 2 aromatic rings. The van der Waals surface area contributed by atoms with Crippen molar-refractivity contribution >= 4 is 21.7 Å². The third kappa shape index (κ3) is 4.47. The molecule has 0 fully saturated rings. The first-order valence-electron chi connectivity index (χ1n) is 8.98. The number of hydrogen-bond donors (Lipinski definition) is 0. The van der Waals surface area contributed by atoms with Gasteiger partial charge in [-0.25, -0.2) is 13.2 Å². The number of esters is 1. The summed E-state index contributed by atoms with van der Waals surface area (Å²) in [6.07, 6.45) is 0. The minimum atomic E-state index is -3.90. The second kappa shape index (κ2) is 8.65. The average molecular weight is 406 g/mol. The Bertz CT molecular complexity index is 967. The Labute approximate surface area is 167 Å². The van der Waals surface area contributed by atoms with Crippen LogP contribution in [0.1, 0.15) is 35.3 Å². The number of rotatable bonds is 7. The fraction of sp³-hybridized carbons (Fsp3) is 0.381. The largest absolute Gasteiger partial charge is 0.496 e. The highest BCUT2D eigenvalue weighted by atomic mass is 32.2. The molecule has 152 valence electrons. The van der Waals surface area contributed by atoms with E-state index in [0.29, 0.717) is 12.2 Å². The smallest absolute Gasteiger partial charge is 0.341 e. The normalized spacial score (nSPS) is 11.4. The van der Waals surface area contributed by atoms with Gasteiger partial charge in [-0.15, -0.1) is 0 Å². The van der Waals surface area contributed by atoms with E-state index in [0.717, 1.165) is 11.1 Å². The van der Waals surface area contributed by atoms with Crippen LogP contribution in [0.25, 0.3) is 0 Å². The predicted molar refractivity (Wildman–Crippen MR) is 110 cm³/mol. The van der Waals surface area contributed by atoms with E-state index in [2.05, 4.69) is 0 Å². The third-order valence-corrected chi connectivity index (χ3v) is 6.09. The number of carbonyl (C=O) groups is 1. The maximum atomic E-state index is 13.5. The monoisotopic (exact) mass is 405 g/mol. The van der Waals surface area contributed by atoms with Crippen molar-refractivity contribution in [3.8, 4) is 5.75 Å². The van der Waals surface area contributed by atoms with Gasteiger partial charge >= 0.3 is 5.97 Å². The molecule has 0 aliphatic rings. The van der Waals surface area contributed by atoms with Crippen LogP contribution in [0, 0.1) is 19.8 Å². The summed E-state index contributed by atoms with van der Waals surface area (Å²) in [5.41, 5.74) is 2.61. The maximum Gasteiger partial charge on any atom is 0.341 e. The lowest BCUT2D eigenvalue weighted by molar-refractivity contribution is 0.0596. The van der Waals surface area contributed by atoms with Crippen molar-refractivity contribution < 1.29 is 22.7 Å². The predicted octanol–water partition coefficient (Wildman–Crippen LogP) is 3.95. The van der Waals surface area contributed by atoms with Crippen molar-refractivity contribution in [2.24, 2.45) is 5.92 Å². The Balaban J connectivity index is 2.64. The second-order valence-electron chi connectivity index (χ2n) is 7.07. The molecule has 0 N–H and O–H groups in total. The van der Waals surface area contributed by atoms with Gasteiger partial charge in [0.05, 0.1) is 24.8 Å². The van der Waals surface area contributed by atoms with E-state index in [4.69, 9.17) is 9.47 Å². The van der Waals surface area contributed by atoms with E-state index in [-0.39, 0.29) is 22.1 Å². The lowest BCUT2D eigenvalue weighted by atomic mass is 10.1. The lowest BCUT2D eigenvalue weighted by Gasteiger charge is -2.28.